The Kier molecular flexibility index (Phi) is 12.0. The number of halogens is 1. The minimum absolute atomic E-state index is 0. The summed E-state index contributed by atoms with van der Waals surface area (Å²) in [5.41, 5.74) is 6.54. The van der Waals surface area contributed by atoms with Gasteiger partial charge in [-0.2, -0.15) is 0 Å². The van der Waals surface area contributed by atoms with Crippen LogP contribution in [0.1, 0.15) is 37.7 Å². The number of methoxy groups -OCH3 is 1. The second-order valence-electron chi connectivity index (χ2n) is 5.34. The maximum Gasteiger partial charge on any atom is 0.305 e. The number of amides is 1. The summed E-state index contributed by atoms with van der Waals surface area (Å²) in [6.07, 6.45) is 4.88. The first-order chi connectivity index (χ1) is 10.6. The van der Waals surface area contributed by atoms with E-state index in [1.54, 1.807) is 0 Å². The van der Waals surface area contributed by atoms with Gasteiger partial charge in [-0.3, -0.25) is 9.59 Å². The van der Waals surface area contributed by atoms with E-state index < -0.39 is 0 Å². The zero-order valence-electron chi connectivity index (χ0n) is 13.6. The number of ether oxygens (including phenoxy) is 1. The van der Waals surface area contributed by atoms with Gasteiger partial charge < -0.3 is 15.8 Å². The minimum Gasteiger partial charge on any atom is -0.469 e. The molecule has 0 heterocycles. The first kappa shape index (κ1) is 21.4. The third-order valence-corrected chi connectivity index (χ3v) is 3.55. The summed E-state index contributed by atoms with van der Waals surface area (Å²) in [7, 11) is 1.41. The van der Waals surface area contributed by atoms with Crippen molar-refractivity contribution in [2.45, 2.75) is 44.6 Å². The Morgan fingerprint density at radius 1 is 1.13 bits per heavy atom. The van der Waals surface area contributed by atoms with Crippen LogP contribution in [0.4, 0.5) is 0 Å². The second-order valence-corrected chi connectivity index (χ2v) is 5.34. The van der Waals surface area contributed by atoms with Gasteiger partial charge in [-0.1, -0.05) is 43.2 Å². The number of primary amides is 1. The van der Waals surface area contributed by atoms with Crippen LogP contribution in [0.3, 0.4) is 0 Å². The number of hydrogen-bond acceptors (Lipinski definition) is 4. The summed E-state index contributed by atoms with van der Waals surface area (Å²) >= 11 is 0. The lowest BCUT2D eigenvalue weighted by Crippen LogP contribution is -2.43. The molecule has 0 radical (unpaired) electrons. The summed E-state index contributed by atoms with van der Waals surface area (Å²) in [5, 5.41) is 3.21. The maximum absolute atomic E-state index is 11.5. The lowest BCUT2D eigenvalue weighted by atomic mass is 10.1. The van der Waals surface area contributed by atoms with E-state index in [0.717, 1.165) is 37.8 Å². The van der Waals surface area contributed by atoms with E-state index >= 15 is 0 Å². The highest BCUT2D eigenvalue weighted by molar-refractivity contribution is 5.85. The van der Waals surface area contributed by atoms with Crippen molar-refractivity contribution in [3.05, 3.63) is 35.9 Å². The molecular weight excluding hydrogens is 316 g/mol. The molecule has 0 aliphatic heterocycles. The van der Waals surface area contributed by atoms with E-state index in [1.807, 2.05) is 30.3 Å². The van der Waals surface area contributed by atoms with Crippen molar-refractivity contribution in [1.82, 2.24) is 5.32 Å². The molecule has 1 aromatic rings. The van der Waals surface area contributed by atoms with Crippen LogP contribution in [0.15, 0.2) is 30.3 Å². The third kappa shape index (κ3) is 9.92. The molecule has 5 nitrogen and oxygen atoms in total. The largest absolute Gasteiger partial charge is 0.469 e. The van der Waals surface area contributed by atoms with Crippen LogP contribution < -0.4 is 11.1 Å². The smallest absolute Gasteiger partial charge is 0.305 e. The van der Waals surface area contributed by atoms with Crippen molar-refractivity contribution in [2.75, 3.05) is 13.7 Å². The average Bonchev–Trinajstić information content (AvgIpc) is 2.53. The number of hydrogen-bond donors (Lipinski definition) is 2. The first-order valence-corrected chi connectivity index (χ1v) is 7.77. The Hall–Kier alpha value is -1.59. The molecule has 0 bridgehead atoms. The van der Waals surface area contributed by atoms with Gasteiger partial charge in [0.15, 0.2) is 0 Å². The SMILES string of the molecule is COC(=O)CCCCCCN[C@@H](Cc1ccccc1)C(N)=O.Cl. The molecule has 23 heavy (non-hydrogen) atoms. The molecule has 0 saturated carbocycles. The van der Waals surface area contributed by atoms with Crippen molar-refractivity contribution < 1.29 is 14.3 Å². The monoisotopic (exact) mass is 342 g/mol. The highest BCUT2D eigenvalue weighted by Gasteiger charge is 2.14. The van der Waals surface area contributed by atoms with Gasteiger partial charge in [0.05, 0.1) is 13.2 Å². The van der Waals surface area contributed by atoms with Gasteiger partial charge in [-0.25, -0.2) is 0 Å². The second kappa shape index (κ2) is 12.9. The van der Waals surface area contributed by atoms with Gasteiger partial charge in [0.2, 0.25) is 5.91 Å². The summed E-state index contributed by atoms with van der Waals surface area (Å²) in [5.74, 6) is -0.482. The normalized spacial score (nSPS) is 11.3. The molecule has 3 N–H and O–H groups in total. The average molecular weight is 343 g/mol. The molecule has 1 rings (SSSR count). The Balaban J connectivity index is 0.00000484. The van der Waals surface area contributed by atoms with Crippen molar-refractivity contribution >= 4 is 24.3 Å². The minimum atomic E-state index is -0.336. The predicted molar refractivity (Wildman–Crippen MR) is 93.5 cm³/mol. The van der Waals surface area contributed by atoms with Crippen LogP contribution in [-0.2, 0) is 20.7 Å². The van der Waals surface area contributed by atoms with Gasteiger partial charge in [-0.05, 0) is 31.4 Å². The quantitative estimate of drug-likeness (QED) is 0.477. The lowest BCUT2D eigenvalue weighted by molar-refractivity contribution is -0.140. The molecule has 1 atom stereocenters. The van der Waals surface area contributed by atoms with E-state index in [-0.39, 0.29) is 30.3 Å². The van der Waals surface area contributed by atoms with Crippen molar-refractivity contribution in [2.24, 2.45) is 5.73 Å². The lowest BCUT2D eigenvalue weighted by Gasteiger charge is -2.15. The first-order valence-electron chi connectivity index (χ1n) is 7.77. The number of unbranched alkanes of at least 4 members (excludes halogenated alkanes) is 3. The number of carbonyl (C=O) groups excluding carboxylic acids is 2. The number of rotatable bonds is 11. The van der Waals surface area contributed by atoms with Crippen LogP contribution in [0, 0.1) is 0 Å². The molecule has 0 aliphatic carbocycles. The summed E-state index contributed by atoms with van der Waals surface area (Å²) < 4.78 is 4.59. The molecule has 0 saturated heterocycles. The molecule has 0 aromatic heterocycles. The molecule has 0 aliphatic rings. The van der Waals surface area contributed by atoms with Crippen molar-refractivity contribution in [3.63, 3.8) is 0 Å². The molecule has 0 fully saturated rings. The Bertz CT molecular complexity index is 454. The van der Waals surface area contributed by atoms with E-state index in [9.17, 15) is 9.59 Å². The molecular formula is C17H27ClN2O3. The zero-order valence-corrected chi connectivity index (χ0v) is 14.4. The molecule has 1 aromatic carbocycles. The Morgan fingerprint density at radius 3 is 2.39 bits per heavy atom. The predicted octanol–water partition coefficient (Wildman–Crippen LogP) is 2.22. The van der Waals surface area contributed by atoms with Gasteiger partial charge in [0.25, 0.3) is 0 Å². The topological polar surface area (TPSA) is 81.4 Å². The maximum atomic E-state index is 11.5. The molecule has 130 valence electrons. The fraction of sp³-hybridized carbons (Fsp3) is 0.529. The van der Waals surface area contributed by atoms with E-state index in [1.165, 1.54) is 7.11 Å². The number of benzene rings is 1. The van der Waals surface area contributed by atoms with Crippen LogP contribution in [0.5, 0.6) is 0 Å². The third-order valence-electron chi connectivity index (χ3n) is 3.55. The van der Waals surface area contributed by atoms with Crippen LogP contribution in [0.25, 0.3) is 0 Å². The number of esters is 1. The van der Waals surface area contributed by atoms with Crippen molar-refractivity contribution in [1.29, 1.82) is 0 Å². The van der Waals surface area contributed by atoms with E-state index in [0.29, 0.717) is 12.8 Å². The fourth-order valence-corrected chi connectivity index (χ4v) is 2.25. The highest BCUT2D eigenvalue weighted by atomic mass is 35.5. The van der Waals surface area contributed by atoms with Crippen LogP contribution >= 0.6 is 12.4 Å². The van der Waals surface area contributed by atoms with Gasteiger partial charge in [0.1, 0.15) is 0 Å². The van der Waals surface area contributed by atoms with E-state index in [2.05, 4.69) is 10.1 Å². The number of carbonyl (C=O) groups is 2. The summed E-state index contributed by atoms with van der Waals surface area (Å²) in [4.78, 5) is 22.4. The van der Waals surface area contributed by atoms with Crippen molar-refractivity contribution in [3.8, 4) is 0 Å². The number of nitrogens with one attached hydrogen (secondary N) is 1. The molecule has 0 spiro atoms. The molecule has 0 unspecified atom stereocenters. The summed E-state index contributed by atoms with van der Waals surface area (Å²) in [6.45, 7) is 0.749. The standard InChI is InChI=1S/C17H26N2O3.ClH/c1-22-16(20)11-7-2-3-8-12-19-15(17(18)21)13-14-9-5-4-6-10-14;/h4-6,9-10,15,19H,2-3,7-8,11-13H2,1H3,(H2,18,21);1H/t15-;/m0./s1. The molecule has 1 amide bonds. The summed E-state index contributed by atoms with van der Waals surface area (Å²) in [6, 6.07) is 9.50. The molecule has 6 heteroatoms. The van der Waals surface area contributed by atoms with Gasteiger partial charge >= 0.3 is 5.97 Å². The highest BCUT2D eigenvalue weighted by Crippen LogP contribution is 2.05. The van der Waals surface area contributed by atoms with E-state index in [4.69, 9.17) is 5.73 Å². The zero-order chi connectivity index (χ0) is 16.2. The van der Waals surface area contributed by atoms with Gasteiger partial charge in [0, 0.05) is 6.42 Å². The van der Waals surface area contributed by atoms with Crippen LogP contribution in [0.2, 0.25) is 0 Å². The number of nitrogens with two attached hydrogens (primary N) is 1. The fourth-order valence-electron chi connectivity index (χ4n) is 2.25. The Labute approximate surface area is 144 Å². The van der Waals surface area contributed by atoms with Crippen LogP contribution in [-0.4, -0.2) is 31.6 Å². The van der Waals surface area contributed by atoms with Gasteiger partial charge in [-0.15, -0.1) is 12.4 Å². The Morgan fingerprint density at radius 2 is 1.78 bits per heavy atom.